The van der Waals surface area contributed by atoms with E-state index in [0.29, 0.717) is 29.4 Å². The van der Waals surface area contributed by atoms with E-state index in [1.54, 1.807) is 13.0 Å². The average molecular weight is 355 g/mol. The second-order valence-corrected chi connectivity index (χ2v) is 6.40. The van der Waals surface area contributed by atoms with Gasteiger partial charge in [0.2, 0.25) is 5.91 Å². The topological polar surface area (TPSA) is 60.7 Å². The van der Waals surface area contributed by atoms with Crippen LogP contribution in [0.5, 0.6) is 0 Å². The molecule has 2 rings (SSSR count). The summed E-state index contributed by atoms with van der Waals surface area (Å²) in [7, 11) is 0. The number of thiazole rings is 1. The van der Waals surface area contributed by atoms with Crippen molar-refractivity contribution in [3.05, 3.63) is 28.0 Å². The lowest BCUT2D eigenvalue weighted by atomic mass is 10.3. The van der Waals surface area contributed by atoms with Crippen LogP contribution in [0, 0.1) is 0 Å². The van der Waals surface area contributed by atoms with Crippen molar-refractivity contribution in [1.29, 1.82) is 0 Å². The number of hydrogen-bond acceptors (Lipinski definition) is 4. The maximum Gasteiger partial charge on any atom is 0.307 e. The number of carbonyl (C=O) groups is 2. The quantitative estimate of drug-likeness (QED) is 0.745. The van der Waals surface area contributed by atoms with E-state index in [-0.39, 0.29) is 18.3 Å². The Morgan fingerprint density at radius 2 is 2.09 bits per heavy atom. The Bertz CT molecular complexity index is 779. The third kappa shape index (κ3) is 4.65. The van der Waals surface area contributed by atoms with Gasteiger partial charge in [-0.15, -0.1) is 0 Å². The summed E-state index contributed by atoms with van der Waals surface area (Å²) in [6.45, 7) is 4.48. The fourth-order valence-corrected chi connectivity index (χ4v) is 3.51. The van der Waals surface area contributed by atoms with Gasteiger partial charge in [-0.2, -0.15) is 4.99 Å². The Morgan fingerprint density at radius 1 is 1.30 bits per heavy atom. The average Bonchev–Trinajstić information content (AvgIpc) is 2.81. The largest absolute Gasteiger partial charge is 0.466 e. The fourth-order valence-electron chi connectivity index (χ4n) is 2.16. The number of hydrogen-bond donors (Lipinski definition) is 0. The molecule has 0 fully saturated rings. The molecule has 23 heavy (non-hydrogen) atoms. The molecule has 0 aliphatic heterocycles. The van der Waals surface area contributed by atoms with E-state index in [2.05, 4.69) is 4.99 Å². The Balaban J connectivity index is 2.41. The minimum atomic E-state index is -0.265. The number of aromatic nitrogens is 1. The highest BCUT2D eigenvalue weighted by atomic mass is 35.5. The van der Waals surface area contributed by atoms with Crippen LogP contribution in [-0.2, 0) is 20.9 Å². The molecule has 0 saturated heterocycles. The maximum atomic E-state index is 11.9. The van der Waals surface area contributed by atoms with Crippen LogP contribution in [0.15, 0.2) is 23.2 Å². The molecule has 0 N–H and O–H groups in total. The van der Waals surface area contributed by atoms with Gasteiger partial charge in [0.05, 0.1) is 23.2 Å². The molecule has 5 nitrogen and oxygen atoms in total. The van der Waals surface area contributed by atoms with Gasteiger partial charge in [0.1, 0.15) is 0 Å². The summed E-state index contributed by atoms with van der Waals surface area (Å²) in [5.41, 5.74) is 0.909. The zero-order valence-corrected chi connectivity index (χ0v) is 14.7. The molecule has 0 aliphatic rings. The Kier molecular flexibility index (Phi) is 6.36. The van der Waals surface area contributed by atoms with Gasteiger partial charge in [-0.1, -0.05) is 29.9 Å². The summed E-state index contributed by atoms with van der Waals surface area (Å²) in [4.78, 5) is 28.2. The fraction of sp³-hybridized carbons (Fsp3) is 0.438. The molecule has 0 aliphatic carbocycles. The van der Waals surface area contributed by atoms with Crippen LogP contribution in [0.2, 0.25) is 5.02 Å². The summed E-state index contributed by atoms with van der Waals surface area (Å²) in [5, 5.41) is 0.628. The first kappa shape index (κ1) is 17.7. The molecule has 0 spiro atoms. The third-order valence-corrected chi connectivity index (χ3v) is 4.45. The van der Waals surface area contributed by atoms with Crippen LogP contribution in [-0.4, -0.2) is 23.1 Å². The zero-order valence-electron chi connectivity index (χ0n) is 13.2. The molecule has 1 heterocycles. The number of amides is 1. The molecular formula is C16H19ClN2O3S. The van der Waals surface area contributed by atoms with E-state index in [4.69, 9.17) is 16.3 Å². The SMILES string of the molecule is CCCC(=O)N=c1sc2cc(Cl)ccc2n1CCC(=O)OCC. The maximum absolute atomic E-state index is 11.9. The summed E-state index contributed by atoms with van der Waals surface area (Å²) >= 11 is 7.43. The van der Waals surface area contributed by atoms with Crippen molar-refractivity contribution in [2.45, 2.75) is 39.7 Å². The van der Waals surface area contributed by atoms with E-state index in [9.17, 15) is 9.59 Å². The minimum Gasteiger partial charge on any atom is -0.466 e. The molecule has 0 bridgehead atoms. The van der Waals surface area contributed by atoms with Crippen molar-refractivity contribution < 1.29 is 14.3 Å². The normalized spacial score (nSPS) is 11.9. The van der Waals surface area contributed by atoms with E-state index in [0.717, 1.165) is 16.6 Å². The molecule has 7 heteroatoms. The van der Waals surface area contributed by atoms with E-state index < -0.39 is 0 Å². The van der Waals surface area contributed by atoms with Crippen molar-refractivity contribution in [3.8, 4) is 0 Å². The number of fused-ring (bicyclic) bond motifs is 1. The van der Waals surface area contributed by atoms with Crippen molar-refractivity contribution >= 4 is 45.0 Å². The minimum absolute atomic E-state index is 0.157. The first-order chi connectivity index (χ1) is 11.0. The summed E-state index contributed by atoms with van der Waals surface area (Å²) in [5.74, 6) is -0.422. The third-order valence-electron chi connectivity index (χ3n) is 3.17. The highest BCUT2D eigenvalue weighted by Crippen LogP contribution is 2.22. The predicted octanol–water partition coefficient (Wildman–Crippen LogP) is 3.54. The second kappa shape index (κ2) is 8.26. The molecule has 1 aromatic carbocycles. The summed E-state index contributed by atoms with van der Waals surface area (Å²) in [6.07, 6.45) is 1.40. The molecule has 0 radical (unpaired) electrons. The lowest BCUT2D eigenvalue weighted by molar-refractivity contribution is -0.143. The Hall–Kier alpha value is -1.66. The smallest absolute Gasteiger partial charge is 0.307 e. The monoisotopic (exact) mass is 354 g/mol. The van der Waals surface area contributed by atoms with Gasteiger partial charge in [-0.25, -0.2) is 0 Å². The number of halogens is 1. The number of rotatable bonds is 6. The second-order valence-electron chi connectivity index (χ2n) is 4.96. The Labute approximate surface area is 143 Å². The van der Waals surface area contributed by atoms with Crippen molar-refractivity contribution in [2.75, 3.05) is 6.61 Å². The van der Waals surface area contributed by atoms with Crippen LogP contribution in [0.1, 0.15) is 33.1 Å². The first-order valence-corrected chi connectivity index (χ1v) is 8.76. The Morgan fingerprint density at radius 3 is 2.78 bits per heavy atom. The van der Waals surface area contributed by atoms with E-state index in [1.807, 2.05) is 23.6 Å². The molecule has 1 aromatic heterocycles. The van der Waals surface area contributed by atoms with Crippen molar-refractivity contribution in [1.82, 2.24) is 4.57 Å². The molecular weight excluding hydrogens is 336 g/mol. The highest BCUT2D eigenvalue weighted by molar-refractivity contribution is 7.16. The molecule has 0 saturated carbocycles. The standard InChI is InChI=1S/C16H19ClN2O3S/c1-3-5-14(20)18-16-19(9-8-15(21)22-4-2)12-7-6-11(17)10-13(12)23-16/h6-7,10H,3-5,8-9H2,1-2H3. The van der Waals surface area contributed by atoms with Crippen molar-refractivity contribution in [2.24, 2.45) is 4.99 Å². The van der Waals surface area contributed by atoms with Crippen LogP contribution in [0.3, 0.4) is 0 Å². The molecule has 2 aromatic rings. The van der Waals surface area contributed by atoms with Gasteiger partial charge in [-0.05, 0) is 31.5 Å². The number of carbonyl (C=O) groups excluding carboxylic acids is 2. The van der Waals surface area contributed by atoms with E-state index in [1.165, 1.54) is 11.3 Å². The van der Waals surface area contributed by atoms with Gasteiger partial charge < -0.3 is 9.30 Å². The number of benzene rings is 1. The van der Waals surface area contributed by atoms with Gasteiger partial charge in [0.25, 0.3) is 0 Å². The number of ether oxygens (including phenoxy) is 1. The van der Waals surface area contributed by atoms with Gasteiger partial charge >= 0.3 is 5.97 Å². The van der Waals surface area contributed by atoms with Gasteiger partial charge in [0, 0.05) is 18.0 Å². The van der Waals surface area contributed by atoms with Crippen LogP contribution in [0.25, 0.3) is 10.2 Å². The molecule has 1 amide bonds. The van der Waals surface area contributed by atoms with Crippen molar-refractivity contribution in [3.63, 3.8) is 0 Å². The number of nitrogens with zero attached hydrogens (tertiary/aromatic N) is 2. The van der Waals surface area contributed by atoms with E-state index >= 15 is 0 Å². The van der Waals surface area contributed by atoms with Gasteiger partial charge in [-0.3, -0.25) is 9.59 Å². The molecule has 0 unspecified atom stereocenters. The zero-order chi connectivity index (χ0) is 16.8. The lowest BCUT2D eigenvalue weighted by Gasteiger charge is -2.05. The number of esters is 1. The molecule has 124 valence electrons. The van der Waals surface area contributed by atoms with Gasteiger partial charge in [0.15, 0.2) is 4.80 Å². The lowest BCUT2D eigenvalue weighted by Crippen LogP contribution is -2.19. The predicted molar refractivity (Wildman–Crippen MR) is 91.6 cm³/mol. The van der Waals surface area contributed by atoms with Crippen LogP contribution < -0.4 is 4.80 Å². The highest BCUT2D eigenvalue weighted by Gasteiger charge is 2.10. The molecule has 0 atom stereocenters. The summed E-state index contributed by atoms with van der Waals surface area (Å²) < 4.78 is 7.77. The number of aryl methyl sites for hydroxylation is 1. The first-order valence-electron chi connectivity index (χ1n) is 7.57. The summed E-state index contributed by atoms with van der Waals surface area (Å²) in [6, 6.07) is 5.50. The van der Waals surface area contributed by atoms with Crippen LogP contribution in [0.4, 0.5) is 0 Å². The van der Waals surface area contributed by atoms with Crippen LogP contribution >= 0.6 is 22.9 Å².